The maximum Gasteiger partial charge on any atom is 0.252 e. The van der Waals surface area contributed by atoms with Gasteiger partial charge in [-0.05, 0) is 111 Å². The van der Waals surface area contributed by atoms with Crippen LogP contribution < -0.4 is 31.1 Å². The summed E-state index contributed by atoms with van der Waals surface area (Å²) >= 11 is 0. The van der Waals surface area contributed by atoms with Gasteiger partial charge in [-0.25, -0.2) is 0 Å². The summed E-state index contributed by atoms with van der Waals surface area (Å²) in [6.45, 7) is 4.77. The summed E-state index contributed by atoms with van der Waals surface area (Å²) in [5.74, 6) is 0. The van der Waals surface area contributed by atoms with Crippen molar-refractivity contribution in [3.63, 3.8) is 0 Å². The van der Waals surface area contributed by atoms with Crippen LogP contribution in [0.15, 0.2) is 194 Å². The van der Waals surface area contributed by atoms with E-state index in [4.69, 9.17) is 0 Å². The molecule has 0 radical (unpaired) electrons. The number of hydrogen-bond acceptors (Lipinski definition) is 3. The van der Waals surface area contributed by atoms with Crippen LogP contribution in [0.3, 0.4) is 0 Å². The third-order valence-corrected chi connectivity index (χ3v) is 12.0. The second-order valence-corrected chi connectivity index (χ2v) is 15.4. The Morgan fingerprint density at radius 1 is 0.345 bits per heavy atom. The highest BCUT2D eigenvalue weighted by Gasteiger charge is 2.43. The molecule has 0 spiro atoms. The third kappa shape index (κ3) is 4.71. The van der Waals surface area contributed by atoms with E-state index in [9.17, 15) is 0 Å². The lowest BCUT2D eigenvalue weighted by molar-refractivity contribution is 0.632. The lowest BCUT2D eigenvalue weighted by Gasteiger charge is -2.44. The smallest absolute Gasteiger partial charge is 0.252 e. The van der Waals surface area contributed by atoms with E-state index in [0.717, 1.165) is 17.1 Å². The van der Waals surface area contributed by atoms with Gasteiger partial charge in [-0.1, -0.05) is 135 Å². The molecule has 3 nitrogen and oxygen atoms in total. The van der Waals surface area contributed by atoms with Gasteiger partial charge in [0.05, 0.1) is 11.4 Å². The molecule has 11 rings (SSSR count). The van der Waals surface area contributed by atoms with Crippen molar-refractivity contribution in [1.29, 1.82) is 0 Å². The Morgan fingerprint density at radius 2 is 0.727 bits per heavy atom. The van der Waals surface area contributed by atoms with Crippen molar-refractivity contribution in [3.8, 4) is 11.1 Å². The zero-order valence-electron chi connectivity index (χ0n) is 30.9. The minimum absolute atomic E-state index is 0.0856. The van der Waals surface area contributed by atoms with E-state index >= 15 is 0 Å². The van der Waals surface area contributed by atoms with Crippen molar-refractivity contribution in [3.05, 3.63) is 205 Å². The molecule has 0 fully saturated rings. The minimum atomic E-state index is -0.104. The van der Waals surface area contributed by atoms with Gasteiger partial charge in [-0.3, -0.25) is 0 Å². The summed E-state index contributed by atoms with van der Waals surface area (Å²) in [5.41, 5.74) is 19.7. The van der Waals surface area contributed by atoms with Crippen molar-refractivity contribution in [2.45, 2.75) is 19.3 Å². The Bertz CT molecular complexity index is 2710. The topological polar surface area (TPSA) is 9.72 Å². The van der Waals surface area contributed by atoms with Crippen molar-refractivity contribution in [2.24, 2.45) is 0 Å². The fraction of sp³-hybridized carbons (Fsp3) is 0.0588. The lowest BCUT2D eigenvalue weighted by atomic mass is 9.33. The molecular weight excluding hydrogens is 665 g/mol. The lowest BCUT2D eigenvalue weighted by Crippen LogP contribution is -2.61. The van der Waals surface area contributed by atoms with Crippen LogP contribution >= 0.6 is 0 Å². The van der Waals surface area contributed by atoms with Gasteiger partial charge in [0.15, 0.2) is 0 Å². The molecule has 3 aliphatic heterocycles. The number of anilines is 9. The normalized spacial score (nSPS) is 14.4. The maximum atomic E-state index is 2.50. The van der Waals surface area contributed by atoms with Gasteiger partial charge >= 0.3 is 0 Å². The van der Waals surface area contributed by atoms with Crippen molar-refractivity contribution in [2.75, 3.05) is 14.7 Å². The van der Waals surface area contributed by atoms with E-state index in [1.165, 1.54) is 72.8 Å². The van der Waals surface area contributed by atoms with Gasteiger partial charge in [0.2, 0.25) is 0 Å². The van der Waals surface area contributed by atoms with Crippen molar-refractivity contribution < 1.29 is 0 Å². The van der Waals surface area contributed by atoms with Crippen LogP contribution in [0.1, 0.15) is 25.0 Å². The van der Waals surface area contributed by atoms with Crippen LogP contribution in [0.4, 0.5) is 51.2 Å². The van der Waals surface area contributed by atoms with E-state index in [2.05, 4.69) is 223 Å². The Morgan fingerprint density at radius 3 is 1.24 bits per heavy atom. The molecule has 3 heterocycles. The van der Waals surface area contributed by atoms with Gasteiger partial charge < -0.3 is 14.7 Å². The summed E-state index contributed by atoms with van der Waals surface area (Å²) in [4.78, 5) is 7.41. The number of para-hydroxylation sites is 5. The molecule has 0 saturated heterocycles. The molecule has 0 unspecified atom stereocenters. The summed E-state index contributed by atoms with van der Waals surface area (Å²) in [6.07, 6.45) is 0. The van der Waals surface area contributed by atoms with Gasteiger partial charge in [0.25, 0.3) is 6.71 Å². The zero-order chi connectivity index (χ0) is 36.7. The van der Waals surface area contributed by atoms with Crippen LogP contribution in [0, 0.1) is 0 Å². The molecule has 260 valence electrons. The predicted octanol–water partition coefficient (Wildman–Crippen LogP) is 11.5. The number of hydrogen-bond donors (Lipinski definition) is 0. The van der Waals surface area contributed by atoms with Crippen LogP contribution in [0.2, 0.25) is 0 Å². The van der Waals surface area contributed by atoms with Crippen molar-refractivity contribution >= 4 is 74.3 Å². The summed E-state index contributed by atoms with van der Waals surface area (Å²) in [7, 11) is 0. The largest absolute Gasteiger partial charge is 0.311 e. The molecule has 55 heavy (non-hydrogen) atoms. The SMILES string of the molecule is CC1(C)c2ccccc2N(c2ccc(N3c4ccccc4B4c5ccccc5N(c5ccccc5)c5cc(-c6ccccc6)cc3c54)cc2)c2ccccc21. The van der Waals surface area contributed by atoms with Gasteiger partial charge in [0, 0.05) is 45.2 Å². The first kappa shape index (κ1) is 31.7. The Labute approximate surface area is 323 Å². The Hall–Kier alpha value is -6.78. The fourth-order valence-corrected chi connectivity index (χ4v) is 9.53. The highest BCUT2D eigenvalue weighted by atomic mass is 15.2. The predicted molar refractivity (Wildman–Crippen MR) is 233 cm³/mol. The Balaban J connectivity index is 1.14. The standard InChI is InChI=1S/C51H38BN3/c1-51(2)40-21-9-13-25-44(40)53(45-26-14-10-22-41(45)51)38-29-31-39(32-30-38)55-47-28-16-12-24-43(47)52-42-23-11-15-27-46(42)54(37-19-7-4-8-20-37)48-33-36(34-49(55)50(48)52)35-17-5-3-6-18-35/h3-34H,1-2H3. The second kappa shape index (κ2) is 12.1. The highest BCUT2D eigenvalue weighted by molar-refractivity contribution is 7.00. The van der Waals surface area contributed by atoms with Crippen LogP contribution in [-0.4, -0.2) is 6.71 Å². The van der Waals surface area contributed by atoms with Gasteiger partial charge in [-0.2, -0.15) is 0 Å². The number of rotatable bonds is 4. The average Bonchev–Trinajstić information content (AvgIpc) is 3.24. The molecule has 8 aromatic rings. The molecule has 3 aliphatic rings. The van der Waals surface area contributed by atoms with Crippen molar-refractivity contribution in [1.82, 2.24) is 0 Å². The first-order valence-electron chi connectivity index (χ1n) is 19.2. The van der Waals surface area contributed by atoms with E-state index < -0.39 is 0 Å². The molecule has 0 aromatic heterocycles. The first-order valence-corrected chi connectivity index (χ1v) is 19.2. The number of benzene rings is 8. The fourth-order valence-electron chi connectivity index (χ4n) is 9.53. The first-order chi connectivity index (χ1) is 27.1. The second-order valence-electron chi connectivity index (χ2n) is 15.4. The van der Waals surface area contributed by atoms with Crippen LogP contribution in [0.5, 0.6) is 0 Å². The van der Waals surface area contributed by atoms with E-state index in [1.54, 1.807) is 0 Å². The van der Waals surface area contributed by atoms with Gasteiger partial charge in [0.1, 0.15) is 0 Å². The molecule has 0 atom stereocenters. The highest BCUT2D eigenvalue weighted by Crippen LogP contribution is 2.52. The molecule has 0 aliphatic carbocycles. The summed E-state index contributed by atoms with van der Waals surface area (Å²) in [5, 5.41) is 0. The van der Waals surface area contributed by atoms with E-state index in [1.807, 2.05) is 0 Å². The number of nitrogens with zero attached hydrogens (tertiary/aromatic N) is 3. The van der Waals surface area contributed by atoms with E-state index in [0.29, 0.717) is 0 Å². The van der Waals surface area contributed by atoms with Crippen LogP contribution in [-0.2, 0) is 5.41 Å². The average molecular weight is 704 g/mol. The summed E-state index contributed by atoms with van der Waals surface area (Å²) < 4.78 is 0. The molecule has 8 aromatic carbocycles. The minimum Gasteiger partial charge on any atom is -0.311 e. The molecule has 0 amide bonds. The molecule has 0 bridgehead atoms. The molecule has 0 N–H and O–H groups in total. The van der Waals surface area contributed by atoms with Crippen LogP contribution in [0.25, 0.3) is 11.1 Å². The maximum absolute atomic E-state index is 2.50. The molecule has 0 saturated carbocycles. The summed E-state index contributed by atoms with van der Waals surface area (Å²) in [6, 6.07) is 71.4. The third-order valence-electron chi connectivity index (χ3n) is 12.0. The monoisotopic (exact) mass is 703 g/mol. The van der Waals surface area contributed by atoms with Gasteiger partial charge in [-0.15, -0.1) is 0 Å². The molecule has 4 heteroatoms. The Kier molecular flexibility index (Phi) is 6.99. The van der Waals surface area contributed by atoms with E-state index in [-0.39, 0.29) is 12.1 Å². The molecular formula is C51H38BN3. The number of fused-ring (bicyclic) bond motifs is 6. The zero-order valence-corrected chi connectivity index (χ0v) is 30.9. The quantitative estimate of drug-likeness (QED) is 0.169.